The van der Waals surface area contributed by atoms with Crippen LogP contribution in [0.3, 0.4) is 0 Å². The quantitative estimate of drug-likeness (QED) is 0.751. The van der Waals surface area contributed by atoms with Gasteiger partial charge in [0, 0.05) is 7.05 Å². The molecule has 2 aromatic carbocycles. The van der Waals surface area contributed by atoms with Gasteiger partial charge in [0.2, 0.25) is 15.9 Å². The number of rotatable bonds is 8. The molecule has 0 aliphatic rings. The van der Waals surface area contributed by atoms with Gasteiger partial charge >= 0.3 is 0 Å². The molecule has 7 heteroatoms. The lowest BCUT2D eigenvalue weighted by Crippen LogP contribution is -2.43. The highest BCUT2D eigenvalue weighted by Gasteiger charge is 2.23. The Morgan fingerprint density at radius 2 is 1.78 bits per heavy atom. The van der Waals surface area contributed by atoms with Crippen molar-refractivity contribution in [3.63, 3.8) is 0 Å². The molecule has 1 atom stereocenters. The summed E-state index contributed by atoms with van der Waals surface area (Å²) in [5.74, 6) is 0.358. The Hall–Kier alpha value is -2.38. The number of carbonyl (C=O) groups is 1. The highest BCUT2D eigenvalue weighted by atomic mass is 32.2. The number of benzene rings is 2. The lowest BCUT2D eigenvalue weighted by atomic mass is 10.1. The highest BCUT2D eigenvalue weighted by Crippen LogP contribution is 2.16. The summed E-state index contributed by atoms with van der Waals surface area (Å²) >= 11 is 0. The molecule has 1 N–H and O–H groups in total. The van der Waals surface area contributed by atoms with Gasteiger partial charge in [-0.15, -0.1) is 0 Å². The molecule has 0 spiro atoms. The van der Waals surface area contributed by atoms with E-state index in [1.165, 1.54) is 24.7 Å². The molecule has 2 aromatic rings. The van der Waals surface area contributed by atoms with E-state index in [9.17, 15) is 13.2 Å². The molecule has 0 saturated carbocycles. The van der Waals surface area contributed by atoms with E-state index in [0.717, 1.165) is 15.6 Å². The number of hydrogen-bond acceptors (Lipinski definition) is 4. The van der Waals surface area contributed by atoms with Crippen molar-refractivity contribution in [1.82, 2.24) is 9.62 Å². The number of carbonyl (C=O) groups excluding carboxylic acids is 1. The second-order valence-corrected chi connectivity index (χ2v) is 8.64. The second-order valence-electron chi connectivity index (χ2n) is 6.60. The van der Waals surface area contributed by atoms with Crippen LogP contribution in [0.4, 0.5) is 0 Å². The molecule has 2 rings (SSSR count). The molecular weight excluding hydrogens is 364 g/mol. The van der Waals surface area contributed by atoms with E-state index in [2.05, 4.69) is 5.32 Å². The molecule has 0 heterocycles. The van der Waals surface area contributed by atoms with Gasteiger partial charge in [0.1, 0.15) is 12.4 Å². The molecule has 0 unspecified atom stereocenters. The van der Waals surface area contributed by atoms with Crippen molar-refractivity contribution in [2.24, 2.45) is 0 Å². The van der Waals surface area contributed by atoms with Gasteiger partial charge in [-0.3, -0.25) is 4.79 Å². The van der Waals surface area contributed by atoms with Crippen LogP contribution < -0.4 is 10.1 Å². The van der Waals surface area contributed by atoms with E-state index < -0.39 is 10.0 Å². The van der Waals surface area contributed by atoms with Gasteiger partial charge < -0.3 is 10.1 Å². The summed E-state index contributed by atoms with van der Waals surface area (Å²) in [5, 5.41) is 2.76. The predicted molar refractivity (Wildman–Crippen MR) is 105 cm³/mol. The van der Waals surface area contributed by atoms with E-state index >= 15 is 0 Å². The maximum absolute atomic E-state index is 12.4. The number of nitrogens with one attached hydrogen (secondary N) is 1. The zero-order chi connectivity index (χ0) is 20.0. The second kappa shape index (κ2) is 9.01. The Kier molecular flexibility index (Phi) is 6.98. The van der Waals surface area contributed by atoms with Crippen LogP contribution in [0.2, 0.25) is 0 Å². The van der Waals surface area contributed by atoms with Crippen molar-refractivity contribution in [3.05, 3.63) is 59.7 Å². The maximum atomic E-state index is 12.4. The van der Waals surface area contributed by atoms with Crippen LogP contribution in [0, 0.1) is 13.8 Å². The summed E-state index contributed by atoms with van der Waals surface area (Å²) in [7, 11) is -2.31. The first-order valence-corrected chi connectivity index (χ1v) is 10.1. The molecule has 0 bridgehead atoms. The molecule has 0 saturated heterocycles. The fraction of sp³-hybridized carbons (Fsp3) is 0.350. The van der Waals surface area contributed by atoms with E-state index in [4.69, 9.17) is 4.74 Å². The number of sulfonamides is 1. The van der Waals surface area contributed by atoms with Crippen molar-refractivity contribution in [2.45, 2.75) is 31.7 Å². The van der Waals surface area contributed by atoms with Gasteiger partial charge in [-0.2, -0.15) is 4.31 Å². The smallest absolute Gasteiger partial charge is 0.243 e. The molecular formula is C20H26N2O4S. The third-order valence-electron chi connectivity index (χ3n) is 4.20. The average Bonchev–Trinajstić information content (AvgIpc) is 2.63. The largest absolute Gasteiger partial charge is 0.491 e. The van der Waals surface area contributed by atoms with Gasteiger partial charge in [0.05, 0.1) is 17.5 Å². The summed E-state index contributed by atoms with van der Waals surface area (Å²) in [6, 6.07) is 13.6. The Bertz CT molecular complexity index is 882. The summed E-state index contributed by atoms with van der Waals surface area (Å²) in [6.45, 7) is 5.89. The van der Waals surface area contributed by atoms with Gasteiger partial charge in [0.25, 0.3) is 0 Å². The van der Waals surface area contributed by atoms with E-state index in [-0.39, 0.29) is 23.4 Å². The first-order valence-electron chi connectivity index (χ1n) is 8.71. The maximum Gasteiger partial charge on any atom is 0.243 e. The first-order chi connectivity index (χ1) is 12.7. The number of aryl methyl sites for hydroxylation is 2. The van der Waals surface area contributed by atoms with Crippen LogP contribution >= 0.6 is 0 Å². The van der Waals surface area contributed by atoms with Crippen molar-refractivity contribution >= 4 is 15.9 Å². The Labute approximate surface area is 161 Å². The number of nitrogens with zero attached hydrogens (tertiary/aromatic N) is 1. The predicted octanol–water partition coefficient (Wildman–Crippen LogP) is 2.51. The fourth-order valence-corrected chi connectivity index (χ4v) is 3.59. The number of hydrogen-bond donors (Lipinski definition) is 1. The summed E-state index contributed by atoms with van der Waals surface area (Å²) < 4.78 is 31.6. The summed E-state index contributed by atoms with van der Waals surface area (Å²) in [4.78, 5) is 12.3. The minimum Gasteiger partial charge on any atom is -0.491 e. The molecule has 0 aliphatic heterocycles. The Morgan fingerprint density at radius 3 is 2.41 bits per heavy atom. The van der Waals surface area contributed by atoms with Gasteiger partial charge in [-0.05, 0) is 56.2 Å². The molecule has 0 aromatic heterocycles. The van der Waals surface area contributed by atoms with Crippen LogP contribution in [0.15, 0.2) is 53.4 Å². The molecule has 6 nitrogen and oxygen atoms in total. The lowest BCUT2D eigenvalue weighted by molar-refractivity contribution is -0.121. The Balaban J connectivity index is 1.86. The minimum absolute atomic E-state index is 0.159. The van der Waals surface area contributed by atoms with Crippen LogP contribution in [0.25, 0.3) is 0 Å². The number of likely N-dealkylation sites (N-methyl/N-ethyl adjacent to an activating group) is 1. The van der Waals surface area contributed by atoms with Crippen LogP contribution in [0.1, 0.15) is 18.1 Å². The Morgan fingerprint density at radius 1 is 1.11 bits per heavy atom. The first kappa shape index (κ1) is 20.9. The number of ether oxygens (including phenoxy) is 1. The van der Waals surface area contributed by atoms with Gasteiger partial charge in [-0.25, -0.2) is 8.42 Å². The van der Waals surface area contributed by atoms with Crippen LogP contribution in [0.5, 0.6) is 5.75 Å². The minimum atomic E-state index is -3.69. The fourth-order valence-electron chi connectivity index (χ4n) is 2.45. The van der Waals surface area contributed by atoms with Crippen molar-refractivity contribution < 1.29 is 17.9 Å². The number of amides is 1. The third-order valence-corrected chi connectivity index (χ3v) is 6.02. The standard InChI is InChI=1S/C20H26N2O4S/c1-15-10-11-18(12-16(15)2)26-14-17(3)21-20(23)13-22(4)27(24,25)19-8-6-5-7-9-19/h5-12,17H,13-14H2,1-4H3,(H,21,23)/t17-/m1/s1. The topological polar surface area (TPSA) is 75.7 Å². The summed E-state index contributed by atoms with van der Waals surface area (Å²) in [5.41, 5.74) is 2.32. The van der Waals surface area contributed by atoms with E-state index in [0.29, 0.717) is 6.61 Å². The molecule has 1 amide bonds. The lowest BCUT2D eigenvalue weighted by Gasteiger charge is -2.19. The van der Waals surface area contributed by atoms with E-state index in [1.54, 1.807) is 18.2 Å². The highest BCUT2D eigenvalue weighted by molar-refractivity contribution is 7.89. The van der Waals surface area contributed by atoms with Crippen LogP contribution in [-0.2, 0) is 14.8 Å². The van der Waals surface area contributed by atoms with Gasteiger partial charge in [0.15, 0.2) is 0 Å². The van der Waals surface area contributed by atoms with E-state index in [1.807, 2.05) is 39.0 Å². The van der Waals surface area contributed by atoms with Crippen molar-refractivity contribution in [2.75, 3.05) is 20.2 Å². The SMILES string of the molecule is Cc1ccc(OC[C@@H](C)NC(=O)CN(C)S(=O)(=O)c2ccccc2)cc1C. The summed E-state index contributed by atoms with van der Waals surface area (Å²) in [6.07, 6.45) is 0. The molecule has 0 radical (unpaired) electrons. The van der Waals surface area contributed by atoms with Crippen molar-refractivity contribution in [3.8, 4) is 5.75 Å². The van der Waals surface area contributed by atoms with Crippen LogP contribution in [-0.4, -0.2) is 44.9 Å². The third kappa shape index (κ3) is 5.80. The zero-order valence-corrected chi connectivity index (χ0v) is 16.9. The molecule has 27 heavy (non-hydrogen) atoms. The normalized spacial score (nSPS) is 12.6. The molecule has 0 aliphatic carbocycles. The zero-order valence-electron chi connectivity index (χ0n) is 16.1. The molecule has 0 fully saturated rings. The molecule has 146 valence electrons. The van der Waals surface area contributed by atoms with Crippen molar-refractivity contribution in [1.29, 1.82) is 0 Å². The van der Waals surface area contributed by atoms with Gasteiger partial charge in [-0.1, -0.05) is 24.3 Å². The average molecular weight is 391 g/mol. The monoisotopic (exact) mass is 390 g/mol.